The first kappa shape index (κ1) is 9.47. The van der Waals surface area contributed by atoms with E-state index in [1.807, 2.05) is 0 Å². The van der Waals surface area contributed by atoms with Crippen molar-refractivity contribution in [3.63, 3.8) is 0 Å². The van der Waals surface area contributed by atoms with E-state index < -0.39 is 0 Å². The summed E-state index contributed by atoms with van der Waals surface area (Å²) in [7, 11) is 0. The fourth-order valence-electron chi connectivity index (χ4n) is 0.953. The van der Waals surface area contributed by atoms with Crippen LogP contribution in [0.25, 0.3) is 0 Å². The van der Waals surface area contributed by atoms with Gasteiger partial charge in [-0.3, -0.25) is 0 Å². The highest BCUT2D eigenvalue weighted by Gasteiger charge is 2.01. The lowest BCUT2D eigenvalue weighted by molar-refractivity contribution is 0.315. The highest BCUT2D eigenvalue weighted by atomic mass is 16.4. The van der Waals surface area contributed by atoms with Crippen LogP contribution in [0.2, 0.25) is 0 Å². The highest BCUT2D eigenvalue weighted by Crippen LogP contribution is 2.05. The van der Waals surface area contributed by atoms with Crippen LogP contribution < -0.4 is 0 Å². The highest BCUT2D eigenvalue weighted by molar-refractivity contribution is 5.83. The lowest BCUT2D eigenvalue weighted by Gasteiger charge is -2.04. The largest absolute Gasteiger partial charge is 0.411 e. The normalized spacial score (nSPS) is 12.6. The first-order valence-electron chi connectivity index (χ1n) is 3.90. The molecule has 0 atom stereocenters. The monoisotopic (exact) mass is 143 g/mol. The molecule has 0 aromatic heterocycles. The summed E-state index contributed by atoms with van der Waals surface area (Å²) in [5, 5.41) is 11.7. The Hall–Kier alpha value is -0.530. The van der Waals surface area contributed by atoms with Gasteiger partial charge in [-0.2, -0.15) is 0 Å². The van der Waals surface area contributed by atoms with Crippen LogP contribution in [0, 0.1) is 5.92 Å². The van der Waals surface area contributed by atoms with E-state index in [9.17, 15) is 0 Å². The lowest BCUT2D eigenvalue weighted by atomic mass is 10.0. The Balaban J connectivity index is 3.62. The zero-order valence-corrected chi connectivity index (χ0v) is 7.09. The second kappa shape index (κ2) is 5.27. The molecule has 0 radical (unpaired) electrons. The van der Waals surface area contributed by atoms with Gasteiger partial charge in [0.15, 0.2) is 0 Å². The third-order valence-corrected chi connectivity index (χ3v) is 1.32. The molecule has 2 nitrogen and oxygen atoms in total. The van der Waals surface area contributed by atoms with Crippen LogP contribution >= 0.6 is 0 Å². The van der Waals surface area contributed by atoms with Gasteiger partial charge in [0.2, 0.25) is 0 Å². The fraction of sp³-hybridized carbons (Fsp3) is 0.875. The summed E-state index contributed by atoms with van der Waals surface area (Å²) in [6, 6.07) is 0. The minimum absolute atomic E-state index is 0.595. The van der Waals surface area contributed by atoms with Gasteiger partial charge in [0.1, 0.15) is 0 Å². The molecule has 0 unspecified atom stereocenters. The van der Waals surface area contributed by atoms with E-state index >= 15 is 0 Å². The average Bonchev–Trinajstić information content (AvgIpc) is 1.86. The molecule has 0 aromatic carbocycles. The molecule has 10 heavy (non-hydrogen) atoms. The van der Waals surface area contributed by atoms with E-state index in [4.69, 9.17) is 5.21 Å². The van der Waals surface area contributed by atoms with E-state index in [1.54, 1.807) is 0 Å². The summed E-state index contributed by atoms with van der Waals surface area (Å²) in [5.74, 6) is 0.595. The van der Waals surface area contributed by atoms with Crippen LogP contribution in [-0.4, -0.2) is 10.9 Å². The van der Waals surface area contributed by atoms with Gasteiger partial charge in [-0.25, -0.2) is 0 Å². The van der Waals surface area contributed by atoms with Crippen molar-refractivity contribution in [2.24, 2.45) is 11.1 Å². The second-order valence-corrected chi connectivity index (χ2v) is 3.01. The summed E-state index contributed by atoms with van der Waals surface area (Å²) in [5.41, 5.74) is 0.928. The molecule has 0 aromatic rings. The Labute approximate surface area is 62.9 Å². The van der Waals surface area contributed by atoms with Crippen molar-refractivity contribution in [3.8, 4) is 0 Å². The number of hydrogen-bond acceptors (Lipinski definition) is 2. The van der Waals surface area contributed by atoms with Crippen LogP contribution in [0.4, 0.5) is 0 Å². The fourth-order valence-corrected chi connectivity index (χ4v) is 0.953. The molecule has 0 fully saturated rings. The minimum atomic E-state index is 0.595. The molecule has 0 rings (SSSR count). The number of hydrogen-bond donors (Lipinski definition) is 1. The standard InChI is InChI=1S/C8H17NO/c1-4-5-8(9-10)6-7(2)3/h7,10H,4-6H2,1-3H3. The predicted octanol–water partition coefficient (Wildman–Crippen LogP) is 2.66. The summed E-state index contributed by atoms with van der Waals surface area (Å²) in [6.45, 7) is 6.34. The van der Waals surface area contributed by atoms with Gasteiger partial charge in [0, 0.05) is 0 Å². The quantitative estimate of drug-likeness (QED) is 0.366. The van der Waals surface area contributed by atoms with E-state index in [2.05, 4.69) is 25.9 Å². The molecule has 1 N–H and O–H groups in total. The molecule has 0 aliphatic heterocycles. The Bertz CT molecular complexity index is 108. The van der Waals surface area contributed by atoms with Crippen LogP contribution in [0.3, 0.4) is 0 Å². The molecule has 0 heterocycles. The van der Waals surface area contributed by atoms with Gasteiger partial charge in [-0.1, -0.05) is 32.3 Å². The van der Waals surface area contributed by atoms with E-state index in [1.165, 1.54) is 0 Å². The van der Waals surface area contributed by atoms with Crippen molar-refractivity contribution >= 4 is 5.71 Å². The third-order valence-electron chi connectivity index (χ3n) is 1.32. The first-order chi connectivity index (χ1) is 4.70. The Morgan fingerprint density at radius 2 is 2.10 bits per heavy atom. The molecule has 2 heteroatoms. The van der Waals surface area contributed by atoms with Crippen molar-refractivity contribution in [3.05, 3.63) is 0 Å². The van der Waals surface area contributed by atoms with Crippen molar-refractivity contribution in [1.29, 1.82) is 0 Å². The van der Waals surface area contributed by atoms with E-state index in [0.29, 0.717) is 5.92 Å². The molecule has 0 aliphatic carbocycles. The SMILES string of the molecule is CCCC(CC(C)C)=NO. The molecule has 0 aliphatic rings. The smallest absolute Gasteiger partial charge is 0.0573 e. The maximum Gasteiger partial charge on any atom is 0.0573 e. The number of oxime groups is 1. The first-order valence-corrected chi connectivity index (χ1v) is 3.90. The van der Waals surface area contributed by atoms with Crippen molar-refractivity contribution in [1.82, 2.24) is 0 Å². The van der Waals surface area contributed by atoms with Crippen molar-refractivity contribution < 1.29 is 5.21 Å². The average molecular weight is 143 g/mol. The molecule has 60 valence electrons. The molecule has 0 amide bonds. The summed E-state index contributed by atoms with van der Waals surface area (Å²) < 4.78 is 0. The summed E-state index contributed by atoms with van der Waals surface area (Å²) >= 11 is 0. The van der Waals surface area contributed by atoms with E-state index in [0.717, 1.165) is 25.0 Å². The third kappa shape index (κ3) is 4.36. The predicted molar refractivity (Wildman–Crippen MR) is 43.6 cm³/mol. The second-order valence-electron chi connectivity index (χ2n) is 3.01. The molecule has 0 saturated heterocycles. The molecule has 0 spiro atoms. The Kier molecular flexibility index (Phi) is 4.99. The molecule has 0 bridgehead atoms. The van der Waals surface area contributed by atoms with Crippen LogP contribution in [0.5, 0.6) is 0 Å². The van der Waals surface area contributed by atoms with Crippen LogP contribution in [0.1, 0.15) is 40.0 Å². The van der Waals surface area contributed by atoms with Crippen LogP contribution in [0.15, 0.2) is 5.16 Å². The Morgan fingerprint density at radius 3 is 2.40 bits per heavy atom. The number of nitrogens with zero attached hydrogens (tertiary/aromatic N) is 1. The zero-order valence-electron chi connectivity index (χ0n) is 7.09. The van der Waals surface area contributed by atoms with Gasteiger partial charge >= 0.3 is 0 Å². The summed E-state index contributed by atoms with van der Waals surface area (Å²) in [6.07, 6.45) is 2.91. The van der Waals surface area contributed by atoms with Gasteiger partial charge in [0.25, 0.3) is 0 Å². The lowest BCUT2D eigenvalue weighted by Crippen LogP contribution is -2.02. The zero-order chi connectivity index (χ0) is 7.98. The van der Waals surface area contributed by atoms with Gasteiger partial charge in [0.05, 0.1) is 5.71 Å². The Morgan fingerprint density at radius 1 is 1.50 bits per heavy atom. The van der Waals surface area contributed by atoms with Crippen LogP contribution in [-0.2, 0) is 0 Å². The molecule has 0 saturated carbocycles. The molecular formula is C8H17NO. The van der Waals surface area contributed by atoms with Gasteiger partial charge < -0.3 is 5.21 Å². The van der Waals surface area contributed by atoms with Crippen molar-refractivity contribution in [2.75, 3.05) is 0 Å². The number of rotatable bonds is 4. The summed E-state index contributed by atoms with van der Waals surface area (Å²) in [4.78, 5) is 0. The minimum Gasteiger partial charge on any atom is -0.411 e. The maximum absolute atomic E-state index is 8.49. The van der Waals surface area contributed by atoms with E-state index in [-0.39, 0.29) is 0 Å². The molecular weight excluding hydrogens is 126 g/mol. The maximum atomic E-state index is 8.49. The van der Waals surface area contributed by atoms with Crippen molar-refractivity contribution in [2.45, 2.75) is 40.0 Å². The topological polar surface area (TPSA) is 32.6 Å². The van der Waals surface area contributed by atoms with Gasteiger partial charge in [-0.05, 0) is 18.8 Å². The van der Waals surface area contributed by atoms with Gasteiger partial charge in [-0.15, -0.1) is 0 Å².